The van der Waals surface area contributed by atoms with E-state index < -0.39 is 0 Å². The molecule has 0 bridgehead atoms. The molecule has 1 N–H and O–H groups in total. The van der Waals surface area contributed by atoms with Crippen LogP contribution in [-0.2, 0) is 0 Å². The van der Waals surface area contributed by atoms with Crippen molar-refractivity contribution in [1.82, 2.24) is 9.78 Å². The summed E-state index contributed by atoms with van der Waals surface area (Å²) in [5.41, 5.74) is 0. The summed E-state index contributed by atoms with van der Waals surface area (Å²) in [6, 6.07) is 0.206. The molecule has 1 saturated carbocycles. The molecule has 2 rings (SSSR count). The van der Waals surface area contributed by atoms with Crippen LogP contribution in [-0.4, -0.2) is 21.0 Å². The lowest BCUT2D eigenvalue weighted by atomic mass is 9.93. The van der Waals surface area contributed by atoms with E-state index in [2.05, 4.69) is 27.7 Å². The highest BCUT2D eigenvalue weighted by Gasteiger charge is 2.24. The molecule has 1 aliphatic rings. The fraction of sp³-hybridized carbons (Fsp3) is 0.667. The third-order valence-corrected chi connectivity index (χ3v) is 3.16. The molecule has 1 fully saturated rings. The SMILES string of the molecule is OC1CCCCC1n1cc(I)cn1. The highest BCUT2D eigenvalue weighted by atomic mass is 127. The predicted molar refractivity (Wildman–Crippen MR) is 58.5 cm³/mol. The van der Waals surface area contributed by atoms with Crippen molar-refractivity contribution in [3.05, 3.63) is 16.0 Å². The van der Waals surface area contributed by atoms with E-state index in [0.717, 1.165) is 22.8 Å². The summed E-state index contributed by atoms with van der Waals surface area (Å²) in [6.07, 6.45) is 7.96. The molecule has 4 heteroatoms. The zero-order valence-electron chi connectivity index (χ0n) is 7.36. The van der Waals surface area contributed by atoms with Gasteiger partial charge in [-0.05, 0) is 35.4 Å². The molecule has 2 atom stereocenters. The Morgan fingerprint density at radius 2 is 2.23 bits per heavy atom. The van der Waals surface area contributed by atoms with Gasteiger partial charge in [0.25, 0.3) is 0 Å². The second-order valence-corrected chi connectivity index (χ2v) is 4.80. The molecule has 0 saturated heterocycles. The summed E-state index contributed by atoms with van der Waals surface area (Å²) in [5, 5.41) is 14.0. The quantitative estimate of drug-likeness (QED) is 0.804. The first-order valence-corrected chi connectivity index (χ1v) is 5.73. The van der Waals surface area contributed by atoms with Crippen LogP contribution in [0.1, 0.15) is 31.7 Å². The molecule has 3 nitrogen and oxygen atoms in total. The zero-order chi connectivity index (χ0) is 9.26. The summed E-state index contributed by atoms with van der Waals surface area (Å²) < 4.78 is 3.04. The van der Waals surface area contributed by atoms with Crippen LogP contribution in [0.3, 0.4) is 0 Å². The lowest BCUT2D eigenvalue weighted by molar-refractivity contribution is 0.0694. The summed E-state index contributed by atoms with van der Waals surface area (Å²) >= 11 is 2.24. The third kappa shape index (κ3) is 2.04. The monoisotopic (exact) mass is 292 g/mol. The van der Waals surface area contributed by atoms with Gasteiger partial charge in [0.1, 0.15) is 0 Å². The van der Waals surface area contributed by atoms with Crippen LogP contribution in [0.15, 0.2) is 12.4 Å². The van der Waals surface area contributed by atoms with Crippen LogP contribution in [0.4, 0.5) is 0 Å². The van der Waals surface area contributed by atoms with Crippen LogP contribution in [0.5, 0.6) is 0 Å². The molecule has 2 unspecified atom stereocenters. The largest absolute Gasteiger partial charge is 0.391 e. The van der Waals surface area contributed by atoms with Crippen LogP contribution in [0, 0.1) is 3.57 Å². The number of aromatic nitrogens is 2. The minimum atomic E-state index is -0.204. The van der Waals surface area contributed by atoms with Crippen LogP contribution >= 0.6 is 22.6 Å². The fourth-order valence-corrected chi connectivity index (χ4v) is 2.31. The lowest BCUT2D eigenvalue weighted by Crippen LogP contribution is -2.27. The third-order valence-electron chi connectivity index (χ3n) is 2.60. The van der Waals surface area contributed by atoms with Crippen LogP contribution in [0.25, 0.3) is 0 Å². The molecule has 13 heavy (non-hydrogen) atoms. The molecule has 0 radical (unpaired) electrons. The lowest BCUT2D eigenvalue weighted by Gasteiger charge is -2.27. The molecule has 1 aromatic heterocycles. The Kier molecular flexibility index (Phi) is 2.88. The number of hydrogen-bond acceptors (Lipinski definition) is 2. The van der Waals surface area contributed by atoms with E-state index in [0.29, 0.717) is 0 Å². The van der Waals surface area contributed by atoms with Crippen molar-refractivity contribution in [3.8, 4) is 0 Å². The van der Waals surface area contributed by atoms with Gasteiger partial charge in [-0.1, -0.05) is 12.8 Å². The normalized spacial score (nSPS) is 29.1. The second-order valence-electron chi connectivity index (χ2n) is 3.56. The minimum absolute atomic E-state index is 0.204. The molecular formula is C9H13IN2O. The molecule has 0 aliphatic heterocycles. The smallest absolute Gasteiger partial charge is 0.0778 e. The van der Waals surface area contributed by atoms with Crippen molar-refractivity contribution < 1.29 is 5.11 Å². The average molecular weight is 292 g/mol. The Labute approximate surface area is 91.3 Å². The first-order valence-electron chi connectivity index (χ1n) is 4.65. The van der Waals surface area contributed by atoms with Gasteiger partial charge in [0.15, 0.2) is 0 Å². The molecule has 1 heterocycles. The number of rotatable bonds is 1. The highest BCUT2D eigenvalue weighted by Crippen LogP contribution is 2.28. The van der Waals surface area contributed by atoms with Gasteiger partial charge in [-0.15, -0.1) is 0 Å². The number of aliphatic hydroxyl groups is 1. The van der Waals surface area contributed by atoms with Crippen molar-refractivity contribution in [2.24, 2.45) is 0 Å². The van der Waals surface area contributed by atoms with Crippen molar-refractivity contribution in [2.75, 3.05) is 0 Å². The summed E-state index contributed by atoms with van der Waals surface area (Å²) in [6.45, 7) is 0. The molecule has 0 aromatic carbocycles. The summed E-state index contributed by atoms with van der Waals surface area (Å²) in [4.78, 5) is 0. The van der Waals surface area contributed by atoms with E-state index in [-0.39, 0.29) is 12.1 Å². The van der Waals surface area contributed by atoms with Crippen molar-refractivity contribution in [1.29, 1.82) is 0 Å². The maximum absolute atomic E-state index is 9.77. The topological polar surface area (TPSA) is 38.0 Å². The summed E-state index contributed by atoms with van der Waals surface area (Å²) in [5.74, 6) is 0. The van der Waals surface area contributed by atoms with Gasteiger partial charge in [0.05, 0.1) is 21.9 Å². The number of aliphatic hydroxyl groups excluding tert-OH is 1. The van der Waals surface area contributed by atoms with Crippen LogP contribution < -0.4 is 0 Å². The Morgan fingerprint density at radius 1 is 1.46 bits per heavy atom. The molecule has 0 amide bonds. The van der Waals surface area contributed by atoms with Gasteiger partial charge < -0.3 is 5.11 Å². The fourth-order valence-electron chi connectivity index (χ4n) is 1.90. The highest BCUT2D eigenvalue weighted by molar-refractivity contribution is 14.1. The zero-order valence-corrected chi connectivity index (χ0v) is 9.51. The summed E-state index contributed by atoms with van der Waals surface area (Å²) in [7, 11) is 0. The first-order chi connectivity index (χ1) is 6.27. The molecule has 72 valence electrons. The average Bonchev–Trinajstić information content (AvgIpc) is 2.53. The second kappa shape index (κ2) is 3.96. The van der Waals surface area contributed by atoms with Crippen molar-refractivity contribution >= 4 is 22.6 Å². The predicted octanol–water partition coefficient (Wildman–Crippen LogP) is 1.96. The molecule has 1 aromatic rings. The Balaban J connectivity index is 2.14. The molecule has 1 aliphatic carbocycles. The number of nitrogens with zero attached hydrogens (tertiary/aromatic N) is 2. The van der Waals surface area contributed by atoms with Crippen LogP contribution in [0.2, 0.25) is 0 Å². The maximum Gasteiger partial charge on any atom is 0.0778 e. The van der Waals surface area contributed by atoms with Gasteiger partial charge in [0.2, 0.25) is 0 Å². The maximum atomic E-state index is 9.77. The minimum Gasteiger partial charge on any atom is -0.391 e. The first kappa shape index (κ1) is 9.45. The Hall–Kier alpha value is -0.100. The van der Waals surface area contributed by atoms with Gasteiger partial charge in [-0.2, -0.15) is 5.10 Å². The van der Waals surface area contributed by atoms with E-state index in [1.165, 1.54) is 6.42 Å². The van der Waals surface area contributed by atoms with E-state index in [1.807, 2.05) is 17.1 Å². The molecular weight excluding hydrogens is 279 g/mol. The number of hydrogen-bond donors (Lipinski definition) is 1. The van der Waals surface area contributed by atoms with Gasteiger partial charge in [-0.25, -0.2) is 0 Å². The van der Waals surface area contributed by atoms with E-state index in [4.69, 9.17) is 0 Å². The van der Waals surface area contributed by atoms with E-state index in [9.17, 15) is 5.11 Å². The van der Waals surface area contributed by atoms with Gasteiger partial charge >= 0.3 is 0 Å². The Bertz CT molecular complexity index is 287. The molecule has 0 spiro atoms. The standard InChI is InChI=1S/C9H13IN2O/c10-7-5-11-12(6-7)8-3-1-2-4-9(8)13/h5-6,8-9,13H,1-4H2. The van der Waals surface area contributed by atoms with Gasteiger partial charge in [0, 0.05) is 6.20 Å². The van der Waals surface area contributed by atoms with E-state index >= 15 is 0 Å². The van der Waals surface area contributed by atoms with E-state index in [1.54, 1.807) is 0 Å². The van der Waals surface area contributed by atoms with Crippen molar-refractivity contribution in [2.45, 2.75) is 37.8 Å². The number of halogens is 1. The Morgan fingerprint density at radius 3 is 2.85 bits per heavy atom. The van der Waals surface area contributed by atoms with Gasteiger partial charge in [-0.3, -0.25) is 4.68 Å². The van der Waals surface area contributed by atoms with Crippen molar-refractivity contribution in [3.63, 3.8) is 0 Å².